The molecule has 1 unspecified atom stereocenters. The lowest BCUT2D eigenvalue weighted by molar-refractivity contribution is -0.119. The van der Waals surface area contributed by atoms with Gasteiger partial charge in [0.2, 0.25) is 0 Å². The standard InChI is InChI=1S/C14H19NO3S/c1-10(2)19(17,18)8-7-14(16)12-9-15-13-6-4-3-5-11(12)13/h3-6,10,12,15H,7-9H2,1-2H3. The molecule has 19 heavy (non-hydrogen) atoms. The van der Waals surface area contributed by atoms with Crippen LogP contribution in [0, 0.1) is 0 Å². The number of ketones is 1. The highest BCUT2D eigenvalue weighted by Crippen LogP contribution is 2.32. The van der Waals surface area contributed by atoms with Gasteiger partial charge in [-0.1, -0.05) is 18.2 Å². The van der Waals surface area contributed by atoms with Crippen LogP contribution in [0.2, 0.25) is 0 Å². The van der Waals surface area contributed by atoms with Gasteiger partial charge in [0.1, 0.15) is 5.78 Å². The van der Waals surface area contributed by atoms with Crippen molar-refractivity contribution in [3.05, 3.63) is 29.8 Å². The fourth-order valence-corrected chi connectivity index (χ4v) is 3.18. The summed E-state index contributed by atoms with van der Waals surface area (Å²) in [5.74, 6) is -0.262. The van der Waals surface area contributed by atoms with Gasteiger partial charge in [-0.15, -0.1) is 0 Å². The van der Waals surface area contributed by atoms with Crippen LogP contribution in [0.15, 0.2) is 24.3 Å². The molecule has 0 aliphatic carbocycles. The number of benzene rings is 1. The third kappa shape index (κ3) is 2.97. The minimum Gasteiger partial charge on any atom is -0.384 e. The molecule has 5 heteroatoms. The molecule has 0 aromatic heterocycles. The lowest BCUT2D eigenvalue weighted by Crippen LogP contribution is -2.23. The molecule has 0 amide bonds. The summed E-state index contributed by atoms with van der Waals surface area (Å²) in [6.45, 7) is 3.86. The summed E-state index contributed by atoms with van der Waals surface area (Å²) in [5, 5.41) is 2.76. The van der Waals surface area contributed by atoms with E-state index < -0.39 is 15.1 Å². The molecule has 1 heterocycles. The minimum absolute atomic E-state index is 0.00155. The molecule has 0 fully saturated rings. The second-order valence-electron chi connectivity index (χ2n) is 5.15. The van der Waals surface area contributed by atoms with Gasteiger partial charge in [-0.3, -0.25) is 4.79 Å². The number of fused-ring (bicyclic) bond motifs is 1. The van der Waals surface area contributed by atoms with Crippen LogP contribution in [0.3, 0.4) is 0 Å². The van der Waals surface area contributed by atoms with Gasteiger partial charge < -0.3 is 5.32 Å². The summed E-state index contributed by atoms with van der Waals surface area (Å²) in [6.07, 6.45) is 0.0984. The van der Waals surface area contributed by atoms with Crippen LogP contribution in [-0.2, 0) is 14.6 Å². The minimum atomic E-state index is -3.14. The Bertz CT molecular complexity index is 578. The third-order valence-electron chi connectivity index (χ3n) is 3.57. The Balaban J connectivity index is 2.03. The van der Waals surface area contributed by atoms with Crippen molar-refractivity contribution in [1.82, 2.24) is 0 Å². The van der Waals surface area contributed by atoms with Gasteiger partial charge in [-0.05, 0) is 25.5 Å². The second kappa shape index (κ2) is 5.33. The number of hydrogen-bond acceptors (Lipinski definition) is 4. The molecule has 1 N–H and O–H groups in total. The van der Waals surface area contributed by atoms with Crippen LogP contribution in [0.4, 0.5) is 5.69 Å². The van der Waals surface area contributed by atoms with E-state index >= 15 is 0 Å². The molecule has 0 bridgehead atoms. The number of carbonyl (C=O) groups is 1. The summed E-state index contributed by atoms with van der Waals surface area (Å²) >= 11 is 0. The van der Waals surface area contributed by atoms with Crippen LogP contribution in [-0.4, -0.2) is 31.7 Å². The molecule has 104 valence electrons. The van der Waals surface area contributed by atoms with E-state index in [-0.39, 0.29) is 23.9 Å². The molecule has 1 aliphatic heterocycles. The monoisotopic (exact) mass is 281 g/mol. The number of rotatable bonds is 5. The maximum absolute atomic E-state index is 12.2. The fraction of sp³-hybridized carbons (Fsp3) is 0.500. The second-order valence-corrected chi connectivity index (χ2v) is 7.83. The van der Waals surface area contributed by atoms with Crippen LogP contribution in [0.1, 0.15) is 31.7 Å². The zero-order valence-electron chi connectivity index (χ0n) is 11.2. The van der Waals surface area contributed by atoms with Crippen LogP contribution >= 0.6 is 0 Å². The maximum Gasteiger partial charge on any atom is 0.153 e. The summed E-state index contributed by atoms with van der Waals surface area (Å²) in [7, 11) is -3.14. The summed E-state index contributed by atoms with van der Waals surface area (Å²) in [5.41, 5.74) is 1.96. The molecule has 1 atom stereocenters. The quantitative estimate of drug-likeness (QED) is 0.896. The summed E-state index contributed by atoms with van der Waals surface area (Å²) in [4.78, 5) is 12.2. The first-order valence-corrected chi connectivity index (χ1v) is 8.20. The van der Waals surface area contributed by atoms with Crippen molar-refractivity contribution in [3.8, 4) is 0 Å². The van der Waals surface area contributed by atoms with E-state index in [4.69, 9.17) is 0 Å². The van der Waals surface area contributed by atoms with E-state index in [2.05, 4.69) is 5.32 Å². The normalized spacial score (nSPS) is 18.2. The van der Waals surface area contributed by atoms with E-state index in [9.17, 15) is 13.2 Å². The van der Waals surface area contributed by atoms with Crippen molar-refractivity contribution < 1.29 is 13.2 Å². The Labute approximate surface area is 114 Å². The maximum atomic E-state index is 12.2. The molecule has 0 radical (unpaired) electrons. The van der Waals surface area contributed by atoms with Crippen LogP contribution < -0.4 is 5.32 Å². The van der Waals surface area contributed by atoms with Crippen molar-refractivity contribution in [1.29, 1.82) is 0 Å². The SMILES string of the molecule is CC(C)S(=O)(=O)CCC(=O)C1CNc2ccccc21. The molecule has 1 aromatic rings. The van der Waals surface area contributed by atoms with Gasteiger partial charge in [-0.25, -0.2) is 8.42 Å². The van der Waals surface area contributed by atoms with Crippen molar-refractivity contribution in [2.45, 2.75) is 31.4 Å². The fourth-order valence-electron chi connectivity index (χ4n) is 2.22. The Morgan fingerprint density at radius 3 is 2.74 bits per heavy atom. The smallest absolute Gasteiger partial charge is 0.153 e. The molecule has 1 aliphatic rings. The average molecular weight is 281 g/mol. The number of hydrogen-bond donors (Lipinski definition) is 1. The van der Waals surface area contributed by atoms with Crippen molar-refractivity contribution in [2.24, 2.45) is 0 Å². The Morgan fingerprint density at radius 2 is 2.05 bits per heavy atom. The third-order valence-corrected chi connectivity index (χ3v) is 5.78. The summed E-state index contributed by atoms with van der Waals surface area (Å²) < 4.78 is 23.5. The van der Waals surface area contributed by atoms with Gasteiger partial charge in [-0.2, -0.15) is 0 Å². The van der Waals surface area contributed by atoms with Crippen LogP contribution in [0.25, 0.3) is 0 Å². The van der Waals surface area contributed by atoms with E-state index in [0.717, 1.165) is 11.3 Å². The van der Waals surface area contributed by atoms with Crippen molar-refractivity contribution in [2.75, 3.05) is 17.6 Å². The molecular formula is C14H19NO3S. The van der Waals surface area contributed by atoms with Gasteiger partial charge in [0.15, 0.2) is 9.84 Å². The Hall–Kier alpha value is -1.36. The molecule has 2 rings (SSSR count). The molecule has 0 spiro atoms. The molecule has 0 saturated heterocycles. The predicted molar refractivity (Wildman–Crippen MR) is 76.2 cm³/mol. The zero-order chi connectivity index (χ0) is 14.0. The lowest BCUT2D eigenvalue weighted by Gasteiger charge is -2.11. The first kappa shape index (κ1) is 14.1. The highest BCUT2D eigenvalue weighted by molar-refractivity contribution is 7.91. The number of anilines is 1. The van der Waals surface area contributed by atoms with Gasteiger partial charge in [0.25, 0.3) is 0 Å². The van der Waals surface area contributed by atoms with Gasteiger partial charge in [0.05, 0.1) is 16.9 Å². The predicted octanol–water partition coefficient (Wildman–Crippen LogP) is 1.98. The average Bonchev–Trinajstić information content (AvgIpc) is 2.79. The van der Waals surface area contributed by atoms with Gasteiger partial charge in [0, 0.05) is 18.7 Å². The number of Topliss-reactive ketones (excluding diaryl/α,β-unsaturated/α-hetero) is 1. The largest absolute Gasteiger partial charge is 0.384 e. The number of nitrogens with one attached hydrogen (secondary N) is 1. The topological polar surface area (TPSA) is 63.2 Å². The molecular weight excluding hydrogens is 262 g/mol. The summed E-state index contributed by atoms with van der Waals surface area (Å²) in [6, 6.07) is 7.68. The number of para-hydroxylation sites is 1. The highest BCUT2D eigenvalue weighted by Gasteiger charge is 2.29. The number of carbonyl (C=O) groups excluding carboxylic acids is 1. The van der Waals surface area contributed by atoms with Crippen LogP contribution in [0.5, 0.6) is 0 Å². The molecule has 0 saturated carbocycles. The zero-order valence-corrected chi connectivity index (χ0v) is 12.0. The Morgan fingerprint density at radius 1 is 1.37 bits per heavy atom. The molecule has 1 aromatic carbocycles. The molecule has 4 nitrogen and oxygen atoms in total. The van der Waals surface area contributed by atoms with Crippen molar-refractivity contribution >= 4 is 21.3 Å². The van der Waals surface area contributed by atoms with Crippen molar-refractivity contribution in [3.63, 3.8) is 0 Å². The first-order valence-electron chi connectivity index (χ1n) is 6.49. The van der Waals surface area contributed by atoms with E-state index in [1.165, 1.54) is 0 Å². The highest BCUT2D eigenvalue weighted by atomic mass is 32.2. The van der Waals surface area contributed by atoms with E-state index in [0.29, 0.717) is 6.54 Å². The number of sulfone groups is 1. The first-order chi connectivity index (χ1) is 8.92. The van der Waals surface area contributed by atoms with E-state index in [1.54, 1.807) is 13.8 Å². The Kier molecular flexibility index (Phi) is 3.94. The lowest BCUT2D eigenvalue weighted by atomic mass is 9.95. The van der Waals surface area contributed by atoms with Gasteiger partial charge >= 0.3 is 0 Å². The van der Waals surface area contributed by atoms with E-state index in [1.807, 2.05) is 24.3 Å².